The molecule has 0 amide bonds. The molecule has 1 aliphatic rings. The molecule has 0 saturated carbocycles. The maximum absolute atomic E-state index is 10.6. The standard InChI is InChI=1S/C11H12O5/c1-6(4-9(13)14)10-7(12)2-3-8-11(10)16-5-15-8/h2-3,6,12H,4-5H2,1H3,(H,13,14). The zero-order valence-corrected chi connectivity index (χ0v) is 8.77. The van der Waals surface area contributed by atoms with Crippen molar-refractivity contribution in [3.63, 3.8) is 0 Å². The van der Waals surface area contributed by atoms with E-state index in [1.54, 1.807) is 13.0 Å². The van der Waals surface area contributed by atoms with E-state index in [9.17, 15) is 9.90 Å². The predicted octanol–water partition coefficient (Wildman–Crippen LogP) is 1.70. The van der Waals surface area contributed by atoms with Gasteiger partial charge in [0.05, 0.1) is 6.42 Å². The predicted molar refractivity (Wildman–Crippen MR) is 54.9 cm³/mol. The van der Waals surface area contributed by atoms with E-state index in [4.69, 9.17) is 14.6 Å². The molecule has 1 unspecified atom stereocenters. The Bertz CT molecular complexity index is 427. The number of aromatic hydroxyl groups is 1. The van der Waals surface area contributed by atoms with Gasteiger partial charge in [0, 0.05) is 5.56 Å². The zero-order chi connectivity index (χ0) is 11.7. The lowest BCUT2D eigenvalue weighted by molar-refractivity contribution is -0.137. The molecule has 1 aromatic rings. The van der Waals surface area contributed by atoms with Gasteiger partial charge < -0.3 is 19.7 Å². The third-order valence-corrected chi connectivity index (χ3v) is 2.53. The van der Waals surface area contributed by atoms with Gasteiger partial charge in [0.15, 0.2) is 11.5 Å². The fourth-order valence-corrected chi connectivity index (χ4v) is 1.82. The van der Waals surface area contributed by atoms with Crippen molar-refractivity contribution in [1.29, 1.82) is 0 Å². The molecular formula is C11H12O5. The quantitative estimate of drug-likeness (QED) is 0.817. The van der Waals surface area contributed by atoms with Crippen LogP contribution in [0.4, 0.5) is 0 Å². The average molecular weight is 224 g/mol. The number of carboxylic acids is 1. The van der Waals surface area contributed by atoms with Crippen LogP contribution in [0, 0.1) is 0 Å². The molecule has 0 aromatic heterocycles. The van der Waals surface area contributed by atoms with Crippen molar-refractivity contribution >= 4 is 5.97 Å². The molecule has 0 aliphatic carbocycles. The van der Waals surface area contributed by atoms with Crippen LogP contribution in [0.25, 0.3) is 0 Å². The highest BCUT2D eigenvalue weighted by Crippen LogP contribution is 2.44. The van der Waals surface area contributed by atoms with E-state index in [-0.39, 0.29) is 24.9 Å². The van der Waals surface area contributed by atoms with Crippen molar-refractivity contribution in [2.75, 3.05) is 6.79 Å². The van der Waals surface area contributed by atoms with E-state index < -0.39 is 5.97 Å². The van der Waals surface area contributed by atoms with Gasteiger partial charge in [-0.05, 0) is 18.1 Å². The monoisotopic (exact) mass is 224 g/mol. The minimum atomic E-state index is -0.914. The van der Waals surface area contributed by atoms with Gasteiger partial charge in [0.1, 0.15) is 5.75 Å². The second-order valence-electron chi connectivity index (χ2n) is 3.73. The second-order valence-corrected chi connectivity index (χ2v) is 3.73. The molecule has 2 N–H and O–H groups in total. The van der Waals surface area contributed by atoms with Gasteiger partial charge in [-0.25, -0.2) is 0 Å². The Morgan fingerprint density at radius 3 is 2.94 bits per heavy atom. The molecule has 86 valence electrons. The van der Waals surface area contributed by atoms with Gasteiger partial charge in [0.2, 0.25) is 6.79 Å². The SMILES string of the molecule is CC(CC(=O)O)c1c(O)ccc2c1OCO2. The fourth-order valence-electron chi connectivity index (χ4n) is 1.82. The van der Waals surface area contributed by atoms with Gasteiger partial charge in [-0.2, -0.15) is 0 Å². The third-order valence-electron chi connectivity index (χ3n) is 2.53. The first-order valence-corrected chi connectivity index (χ1v) is 4.93. The van der Waals surface area contributed by atoms with Gasteiger partial charge in [-0.15, -0.1) is 0 Å². The molecule has 1 aromatic carbocycles. The van der Waals surface area contributed by atoms with E-state index in [1.165, 1.54) is 6.07 Å². The van der Waals surface area contributed by atoms with Crippen molar-refractivity contribution < 1.29 is 24.5 Å². The Morgan fingerprint density at radius 2 is 2.25 bits per heavy atom. The first-order chi connectivity index (χ1) is 7.59. The molecule has 5 heteroatoms. The van der Waals surface area contributed by atoms with E-state index in [0.29, 0.717) is 17.1 Å². The number of phenolic OH excluding ortho intramolecular Hbond substituents is 1. The van der Waals surface area contributed by atoms with Gasteiger partial charge >= 0.3 is 5.97 Å². The molecule has 0 spiro atoms. The van der Waals surface area contributed by atoms with Crippen molar-refractivity contribution in [2.45, 2.75) is 19.3 Å². The Morgan fingerprint density at radius 1 is 1.50 bits per heavy atom. The summed E-state index contributed by atoms with van der Waals surface area (Å²) in [7, 11) is 0. The van der Waals surface area contributed by atoms with Crippen LogP contribution in [0.3, 0.4) is 0 Å². The maximum atomic E-state index is 10.6. The van der Waals surface area contributed by atoms with E-state index >= 15 is 0 Å². The number of benzene rings is 1. The van der Waals surface area contributed by atoms with Crippen molar-refractivity contribution in [2.24, 2.45) is 0 Å². The summed E-state index contributed by atoms with van der Waals surface area (Å²) in [5.41, 5.74) is 0.498. The summed E-state index contributed by atoms with van der Waals surface area (Å²) in [5, 5.41) is 18.5. The number of carbonyl (C=O) groups is 1. The van der Waals surface area contributed by atoms with Gasteiger partial charge in [-0.3, -0.25) is 4.79 Å². The summed E-state index contributed by atoms with van der Waals surface area (Å²) < 4.78 is 10.4. The fraction of sp³-hybridized carbons (Fsp3) is 0.364. The van der Waals surface area contributed by atoms with Gasteiger partial charge in [0.25, 0.3) is 0 Å². The topological polar surface area (TPSA) is 76.0 Å². The summed E-state index contributed by atoms with van der Waals surface area (Å²) in [6, 6.07) is 3.09. The number of hydrogen-bond donors (Lipinski definition) is 2. The normalized spacial score (nSPS) is 14.8. The summed E-state index contributed by atoms with van der Waals surface area (Å²) in [5.74, 6) is -0.200. The Balaban J connectivity index is 2.39. The largest absolute Gasteiger partial charge is 0.508 e. The molecule has 0 saturated heterocycles. The third kappa shape index (κ3) is 1.76. The van der Waals surface area contributed by atoms with Crippen LogP contribution in [0.5, 0.6) is 17.2 Å². The lowest BCUT2D eigenvalue weighted by atomic mass is 9.95. The first kappa shape index (κ1) is 10.6. The molecule has 1 atom stereocenters. The molecule has 0 fully saturated rings. The van der Waals surface area contributed by atoms with Crippen LogP contribution < -0.4 is 9.47 Å². The number of carboxylic acid groups (broad SMARTS) is 1. The minimum absolute atomic E-state index is 0.0398. The summed E-state index contributed by atoms with van der Waals surface area (Å²) >= 11 is 0. The molecule has 2 rings (SSSR count). The first-order valence-electron chi connectivity index (χ1n) is 4.93. The number of rotatable bonds is 3. The van der Waals surface area contributed by atoms with E-state index in [1.807, 2.05) is 0 Å². The Labute approximate surface area is 92.2 Å². The van der Waals surface area contributed by atoms with Crippen molar-refractivity contribution in [1.82, 2.24) is 0 Å². The summed E-state index contributed by atoms with van der Waals surface area (Å²) in [6.07, 6.45) is -0.0621. The average Bonchev–Trinajstić information content (AvgIpc) is 2.63. The smallest absolute Gasteiger partial charge is 0.303 e. The molecule has 5 nitrogen and oxygen atoms in total. The number of aliphatic carboxylic acids is 1. The molecular weight excluding hydrogens is 212 g/mol. The zero-order valence-electron chi connectivity index (χ0n) is 8.77. The molecule has 1 heterocycles. The number of ether oxygens (including phenoxy) is 2. The Hall–Kier alpha value is -1.91. The second kappa shape index (κ2) is 3.92. The van der Waals surface area contributed by atoms with Crippen LogP contribution in [0.1, 0.15) is 24.8 Å². The number of fused-ring (bicyclic) bond motifs is 1. The van der Waals surface area contributed by atoms with Crippen molar-refractivity contribution in [3.05, 3.63) is 17.7 Å². The molecule has 0 bridgehead atoms. The van der Waals surface area contributed by atoms with Gasteiger partial charge in [-0.1, -0.05) is 6.92 Å². The molecule has 0 radical (unpaired) electrons. The molecule has 16 heavy (non-hydrogen) atoms. The minimum Gasteiger partial charge on any atom is -0.508 e. The highest BCUT2D eigenvalue weighted by Gasteiger charge is 2.25. The van der Waals surface area contributed by atoms with Crippen LogP contribution in [0.15, 0.2) is 12.1 Å². The van der Waals surface area contributed by atoms with Crippen LogP contribution in [-0.4, -0.2) is 23.0 Å². The maximum Gasteiger partial charge on any atom is 0.303 e. The van der Waals surface area contributed by atoms with Crippen molar-refractivity contribution in [3.8, 4) is 17.2 Å². The summed E-state index contributed by atoms with van der Waals surface area (Å²) in [6.45, 7) is 1.83. The van der Waals surface area contributed by atoms with Crippen LogP contribution in [-0.2, 0) is 4.79 Å². The highest BCUT2D eigenvalue weighted by molar-refractivity contribution is 5.69. The molecule has 1 aliphatic heterocycles. The summed E-state index contributed by atoms with van der Waals surface area (Å²) in [4.78, 5) is 10.6. The highest BCUT2D eigenvalue weighted by atomic mass is 16.7. The lowest BCUT2D eigenvalue weighted by Crippen LogP contribution is -2.04. The number of phenols is 1. The van der Waals surface area contributed by atoms with E-state index in [0.717, 1.165) is 0 Å². The Kier molecular flexibility index (Phi) is 2.60. The lowest BCUT2D eigenvalue weighted by Gasteiger charge is -2.13. The van der Waals surface area contributed by atoms with Crippen LogP contribution >= 0.6 is 0 Å². The van der Waals surface area contributed by atoms with Crippen LogP contribution in [0.2, 0.25) is 0 Å². The number of hydrogen-bond acceptors (Lipinski definition) is 4. The van der Waals surface area contributed by atoms with E-state index in [2.05, 4.69) is 0 Å².